The van der Waals surface area contributed by atoms with Gasteiger partial charge in [0.15, 0.2) is 11.5 Å². The number of hydrogen-bond donors (Lipinski definition) is 1. The summed E-state index contributed by atoms with van der Waals surface area (Å²) < 4.78 is 11.8. The van der Waals surface area contributed by atoms with Crippen molar-refractivity contribution in [3.05, 3.63) is 89.2 Å². The highest BCUT2D eigenvalue weighted by atomic mass is 16.5. The van der Waals surface area contributed by atoms with Gasteiger partial charge in [0.25, 0.3) is 0 Å². The first-order valence-electron chi connectivity index (χ1n) is 11.9. The maximum atomic E-state index is 6.12. The highest BCUT2D eigenvalue weighted by Gasteiger charge is 2.14. The molecular weight excluding hydrogens is 424 g/mol. The maximum absolute atomic E-state index is 6.12. The van der Waals surface area contributed by atoms with Gasteiger partial charge in [0.05, 0.1) is 7.11 Å². The molecule has 0 amide bonds. The van der Waals surface area contributed by atoms with Gasteiger partial charge >= 0.3 is 0 Å². The molecule has 176 valence electrons. The standard InChI is InChI=1S/C28H32N4O2/c1-31-12-14-32(15-13-31)19-21-5-7-22(8-6-21)20-34-26-10-9-23(17-27(26)33-2)16-24-18-30-28-25(24)4-3-11-29-28/h3-11,17-18H,12-16,19-20H2,1-2H3,(H,29,30). The molecule has 0 atom stereocenters. The highest BCUT2D eigenvalue weighted by molar-refractivity contribution is 5.79. The second-order valence-electron chi connectivity index (χ2n) is 9.06. The molecule has 0 radical (unpaired) electrons. The molecular formula is C28H32N4O2. The third-order valence-corrected chi connectivity index (χ3v) is 6.58. The SMILES string of the molecule is COc1cc(Cc2c[nH]c3ncccc23)ccc1OCc1ccc(CN2CCN(C)CC2)cc1. The van der Waals surface area contributed by atoms with Crippen LogP contribution in [-0.2, 0) is 19.6 Å². The minimum Gasteiger partial charge on any atom is -0.493 e. The van der Waals surface area contributed by atoms with E-state index in [1.165, 1.54) is 16.7 Å². The van der Waals surface area contributed by atoms with Crippen LogP contribution in [0.25, 0.3) is 11.0 Å². The van der Waals surface area contributed by atoms with E-state index in [1.807, 2.05) is 18.3 Å². The fourth-order valence-corrected chi connectivity index (χ4v) is 4.49. The van der Waals surface area contributed by atoms with Crippen LogP contribution < -0.4 is 9.47 Å². The minimum absolute atomic E-state index is 0.513. The van der Waals surface area contributed by atoms with Crippen LogP contribution in [0.5, 0.6) is 11.5 Å². The number of pyridine rings is 1. The van der Waals surface area contributed by atoms with Gasteiger partial charge in [-0.1, -0.05) is 30.3 Å². The smallest absolute Gasteiger partial charge is 0.161 e. The molecule has 6 nitrogen and oxygen atoms in total. The van der Waals surface area contributed by atoms with Crippen LogP contribution in [0.3, 0.4) is 0 Å². The number of likely N-dealkylation sites (N-methyl/N-ethyl adjacent to an activating group) is 1. The summed E-state index contributed by atoms with van der Waals surface area (Å²) in [7, 11) is 3.88. The number of aromatic nitrogens is 2. The van der Waals surface area contributed by atoms with E-state index in [1.54, 1.807) is 13.3 Å². The first kappa shape index (κ1) is 22.4. The van der Waals surface area contributed by atoms with Crippen LogP contribution in [0.1, 0.15) is 22.3 Å². The maximum Gasteiger partial charge on any atom is 0.161 e. The number of hydrogen-bond acceptors (Lipinski definition) is 5. The lowest BCUT2D eigenvalue weighted by Crippen LogP contribution is -2.43. The van der Waals surface area contributed by atoms with Crippen molar-refractivity contribution in [1.29, 1.82) is 0 Å². The highest BCUT2D eigenvalue weighted by Crippen LogP contribution is 2.30. The number of nitrogens with one attached hydrogen (secondary N) is 1. The molecule has 4 aromatic rings. The number of rotatable bonds is 8. The second kappa shape index (κ2) is 10.3. The number of aromatic amines is 1. The Labute approximate surface area is 201 Å². The molecule has 6 heteroatoms. The van der Waals surface area contributed by atoms with Crippen molar-refractivity contribution in [2.24, 2.45) is 0 Å². The van der Waals surface area contributed by atoms with Crippen molar-refractivity contribution in [3.8, 4) is 11.5 Å². The van der Waals surface area contributed by atoms with Crippen LogP contribution in [0, 0.1) is 0 Å². The number of piperazine rings is 1. The molecule has 0 bridgehead atoms. The van der Waals surface area contributed by atoms with Crippen LogP contribution in [0.15, 0.2) is 67.0 Å². The molecule has 1 N–H and O–H groups in total. The summed E-state index contributed by atoms with van der Waals surface area (Å²) in [6, 6.07) is 19.0. The Morgan fingerprint density at radius 3 is 2.47 bits per heavy atom. The Morgan fingerprint density at radius 1 is 0.912 bits per heavy atom. The van der Waals surface area contributed by atoms with E-state index in [0.717, 1.165) is 67.2 Å². The predicted molar refractivity (Wildman–Crippen MR) is 135 cm³/mol. The largest absolute Gasteiger partial charge is 0.493 e. The number of benzene rings is 2. The number of ether oxygens (including phenoxy) is 2. The van der Waals surface area contributed by atoms with E-state index < -0.39 is 0 Å². The first-order valence-corrected chi connectivity index (χ1v) is 11.9. The van der Waals surface area contributed by atoms with Gasteiger partial charge < -0.3 is 19.4 Å². The molecule has 34 heavy (non-hydrogen) atoms. The van der Waals surface area contributed by atoms with Crippen molar-refractivity contribution in [3.63, 3.8) is 0 Å². The number of nitrogens with zero attached hydrogens (tertiary/aromatic N) is 3. The molecule has 5 rings (SSSR count). The third-order valence-electron chi connectivity index (χ3n) is 6.58. The summed E-state index contributed by atoms with van der Waals surface area (Å²) in [4.78, 5) is 12.5. The van der Waals surface area contributed by atoms with E-state index in [9.17, 15) is 0 Å². The molecule has 1 fully saturated rings. The van der Waals surface area contributed by atoms with Crippen LogP contribution in [0.2, 0.25) is 0 Å². The predicted octanol–water partition coefficient (Wildman–Crippen LogP) is 4.49. The molecule has 0 unspecified atom stereocenters. The summed E-state index contributed by atoms with van der Waals surface area (Å²) in [5.41, 5.74) is 5.80. The molecule has 1 saturated heterocycles. The number of methoxy groups -OCH3 is 1. The van der Waals surface area contributed by atoms with Crippen molar-refractivity contribution in [2.75, 3.05) is 40.3 Å². The molecule has 1 aliphatic rings. The van der Waals surface area contributed by atoms with E-state index >= 15 is 0 Å². The Kier molecular flexibility index (Phi) is 6.79. The van der Waals surface area contributed by atoms with Crippen molar-refractivity contribution in [2.45, 2.75) is 19.6 Å². The molecule has 1 aliphatic heterocycles. The van der Waals surface area contributed by atoms with Crippen molar-refractivity contribution < 1.29 is 9.47 Å². The topological polar surface area (TPSA) is 53.6 Å². The monoisotopic (exact) mass is 456 g/mol. The lowest BCUT2D eigenvalue weighted by molar-refractivity contribution is 0.148. The van der Waals surface area contributed by atoms with Gasteiger partial charge in [-0.2, -0.15) is 0 Å². The average Bonchev–Trinajstić information content (AvgIpc) is 3.28. The van der Waals surface area contributed by atoms with E-state index in [2.05, 4.69) is 69.3 Å². The van der Waals surface area contributed by atoms with Gasteiger partial charge in [-0.3, -0.25) is 4.90 Å². The van der Waals surface area contributed by atoms with Gasteiger partial charge in [0.2, 0.25) is 0 Å². The van der Waals surface area contributed by atoms with E-state index in [-0.39, 0.29) is 0 Å². The molecule has 2 aromatic carbocycles. The van der Waals surface area contributed by atoms with Gasteiger partial charge in [-0.05, 0) is 60.0 Å². The zero-order chi connectivity index (χ0) is 23.3. The van der Waals surface area contributed by atoms with E-state index in [0.29, 0.717) is 6.61 Å². The fourth-order valence-electron chi connectivity index (χ4n) is 4.49. The van der Waals surface area contributed by atoms with E-state index in [4.69, 9.17) is 9.47 Å². The molecule has 2 aromatic heterocycles. The molecule has 0 aliphatic carbocycles. The van der Waals surface area contributed by atoms with Crippen LogP contribution in [-0.4, -0.2) is 60.1 Å². The molecule has 0 spiro atoms. The molecule has 0 saturated carbocycles. The minimum atomic E-state index is 0.513. The summed E-state index contributed by atoms with van der Waals surface area (Å²) in [6.07, 6.45) is 4.64. The van der Waals surface area contributed by atoms with Crippen LogP contribution >= 0.6 is 0 Å². The second-order valence-corrected chi connectivity index (χ2v) is 9.06. The van der Waals surface area contributed by atoms with Gasteiger partial charge in [-0.15, -0.1) is 0 Å². The van der Waals surface area contributed by atoms with Gasteiger partial charge in [-0.25, -0.2) is 4.98 Å². The quantitative estimate of drug-likeness (QED) is 0.423. The summed E-state index contributed by atoms with van der Waals surface area (Å²) in [5.74, 6) is 1.51. The zero-order valence-corrected chi connectivity index (χ0v) is 20.0. The van der Waals surface area contributed by atoms with Gasteiger partial charge in [0.1, 0.15) is 12.3 Å². The first-order chi connectivity index (χ1) is 16.7. The number of H-pyrrole nitrogens is 1. The lowest BCUT2D eigenvalue weighted by Gasteiger charge is -2.32. The zero-order valence-electron chi connectivity index (χ0n) is 20.0. The average molecular weight is 457 g/mol. The number of fused-ring (bicyclic) bond motifs is 1. The summed E-state index contributed by atoms with van der Waals surface area (Å²) in [5, 5.41) is 1.15. The van der Waals surface area contributed by atoms with Gasteiger partial charge in [0, 0.05) is 50.5 Å². The lowest BCUT2D eigenvalue weighted by atomic mass is 10.0. The molecule has 3 heterocycles. The van der Waals surface area contributed by atoms with Crippen molar-refractivity contribution in [1.82, 2.24) is 19.8 Å². The Morgan fingerprint density at radius 2 is 1.68 bits per heavy atom. The fraction of sp³-hybridized carbons (Fsp3) is 0.321. The summed E-state index contributed by atoms with van der Waals surface area (Å²) in [6.45, 7) is 6.08. The Balaban J connectivity index is 1.20. The summed E-state index contributed by atoms with van der Waals surface area (Å²) >= 11 is 0. The van der Waals surface area contributed by atoms with Crippen LogP contribution in [0.4, 0.5) is 0 Å². The van der Waals surface area contributed by atoms with Crippen molar-refractivity contribution >= 4 is 11.0 Å². The Bertz CT molecular complexity index is 1230. The third kappa shape index (κ3) is 5.24. The normalized spacial score (nSPS) is 15.0. The Hall–Kier alpha value is -3.35.